The van der Waals surface area contributed by atoms with E-state index in [2.05, 4.69) is 43.3 Å². The fourth-order valence-electron chi connectivity index (χ4n) is 2.31. The van der Waals surface area contributed by atoms with E-state index in [0.29, 0.717) is 12.5 Å². The summed E-state index contributed by atoms with van der Waals surface area (Å²) in [6, 6.07) is 8.40. The largest absolute Gasteiger partial charge is 0.395 e. The molecule has 0 aliphatic carbocycles. The van der Waals surface area contributed by atoms with Crippen LogP contribution in [0.2, 0.25) is 0 Å². The minimum atomic E-state index is 0.116. The molecule has 4 nitrogen and oxygen atoms in total. The number of aliphatic hydroxyl groups excluding tert-OH is 1. The number of aromatic nitrogens is 2. The van der Waals surface area contributed by atoms with E-state index in [9.17, 15) is 5.11 Å². The number of para-hydroxylation sites is 1. The molecular weight excluding hydrogens is 238 g/mol. The maximum atomic E-state index is 9.35. The van der Waals surface area contributed by atoms with Gasteiger partial charge in [0.1, 0.15) is 0 Å². The smallest absolute Gasteiger partial charge is 0.0841 e. The molecule has 2 N–H and O–H groups in total. The molecule has 0 aliphatic heterocycles. The van der Waals surface area contributed by atoms with Gasteiger partial charge in [0.05, 0.1) is 17.8 Å². The Hall–Kier alpha value is -1.39. The van der Waals surface area contributed by atoms with E-state index in [-0.39, 0.29) is 12.6 Å². The van der Waals surface area contributed by atoms with E-state index in [1.165, 1.54) is 10.9 Å². The first-order valence-electron chi connectivity index (χ1n) is 6.96. The lowest BCUT2D eigenvalue weighted by molar-refractivity contribution is 0.209. The van der Waals surface area contributed by atoms with Gasteiger partial charge in [0.15, 0.2) is 0 Å². The highest BCUT2D eigenvalue weighted by molar-refractivity contribution is 5.81. The van der Waals surface area contributed by atoms with Crippen molar-refractivity contribution in [2.45, 2.75) is 39.9 Å². The zero-order valence-electron chi connectivity index (χ0n) is 11.9. The summed E-state index contributed by atoms with van der Waals surface area (Å²) in [5.41, 5.74) is 2.23. The first-order valence-corrected chi connectivity index (χ1v) is 6.96. The Morgan fingerprint density at radius 3 is 2.68 bits per heavy atom. The number of nitrogens with one attached hydrogen (secondary N) is 1. The molecule has 0 aliphatic rings. The summed E-state index contributed by atoms with van der Waals surface area (Å²) in [7, 11) is 0. The van der Waals surface area contributed by atoms with Crippen molar-refractivity contribution in [3.8, 4) is 0 Å². The van der Waals surface area contributed by atoms with Crippen LogP contribution in [-0.4, -0.2) is 27.5 Å². The first kappa shape index (κ1) is 14.0. The van der Waals surface area contributed by atoms with Crippen LogP contribution in [0.4, 0.5) is 0 Å². The topological polar surface area (TPSA) is 50.1 Å². The zero-order valence-corrected chi connectivity index (χ0v) is 11.9. The van der Waals surface area contributed by atoms with Crippen molar-refractivity contribution >= 4 is 10.9 Å². The predicted octanol–water partition coefficient (Wildman–Crippen LogP) is 2.16. The average molecular weight is 261 g/mol. The summed E-state index contributed by atoms with van der Waals surface area (Å²) >= 11 is 0. The Bertz CT molecular complexity index is 533. The van der Waals surface area contributed by atoms with Crippen LogP contribution >= 0.6 is 0 Å². The maximum Gasteiger partial charge on any atom is 0.0841 e. The van der Waals surface area contributed by atoms with Crippen LogP contribution < -0.4 is 5.32 Å². The monoisotopic (exact) mass is 261 g/mol. The number of aryl methyl sites for hydroxylation is 1. The summed E-state index contributed by atoms with van der Waals surface area (Å²) in [5.74, 6) is 0.407. The number of aliphatic hydroxyl groups is 1. The molecule has 2 aromatic rings. The first-order chi connectivity index (χ1) is 9.17. The van der Waals surface area contributed by atoms with Crippen molar-refractivity contribution in [1.82, 2.24) is 15.1 Å². The number of rotatable bonds is 6. The molecule has 104 valence electrons. The lowest BCUT2D eigenvalue weighted by Gasteiger charge is -2.19. The fourth-order valence-corrected chi connectivity index (χ4v) is 2.31. The van der Waals surface area contributed by atoms with Gasteiger partial charge in [-0.25, -0.2) is 0 Å². The second-order valence-corrected chi connectivity index (χ2v) is 5.19. The Kier molecular flexibility index (Phi) is 4.56. The van der Waals surface area contributed by atoms with Gasteiger partial charge in [-0.05, 0) is 18.9 Å². The second kappa shape index (κ2) is 6.17. The van der Waals surface area contributed by atoms with Gasteiger partial charge in [-0.2, -0.15) is 5.10 Å². The van der Waals surface area contributed by atoms with E-state index in [1.807, 2.05) is 16.8 Å². The molecule has 0 amide bonds. The molecule has 1 atom stereocenters. The molecular formula is C15H23N3O. The molecule has 4 heteroatoms. The highest BCUT2D eigenvalue weighted by Crippen LogP contribution is 2.18. The van der Waals surface area contributed by atoms with E-state index in [0.717, 1.165) is 12.2 Å². The van der Waals surface area contributed by atoms with Crippen LogP contribution in [0.3, 0.4) is 0 Å². The zero-order chi connectivity index (χ0) is 13.8. The minimum absolute atomic E-state index is 0.116. The van der Waals surface area contributed by atoms with Crippen molar-refractivity contribution in [2.24, 2.45) is 5.92 Å². The summed E-state index contributed by atoms with van der Waals surface area (Å²) in [5, 5.41) is 18.6. The molecule has 1 aromatic heterocycles. The van der Waals surface area contributed by atoms with E-state index >= 15 is 0 Å². The molecule has 0 fully saturated rings. The van der Waals surface area contributed by atoms with Gasteiger partial charge >= 0.3 is 0 Å². The summed E-state index contributed by atoms with van der Waals surface area (Å²) in [4.78, 5) is 0. The van der Waals surface area contributed by atoms with Crippen LogP contribution in [0.25, 0.3) is 10.9 Å². The molecule has 19 heavy (non-hydrogen) atoms. The molecule has 0 bridgehead atoms. The highest BCUT2D eigenvalue weighted by Gasteiger charge is 2.14. The van der Waals surface area contributed by atoms with Gasteiger partial charge in [0.25, 0.3) is 0 Å². The Labute approximate surface area is 114 Å². The van der Waals surface area contributed by atoms with Crippen LogP contribution in [0.15, 0.2) is 24.3 Å². The van der Waals surface area contributed by atoms with Gasteiger partial charge in [-0.1, -0.05) is 32.0 Å². The molecule has 0 spiro atoms. The van der Waals surface area contributed by atoms with Gasteiger partial charge in [-0.3, -0.25) is 4.68 Å². The molecule has 0 radical (unpaired) electrons. The number of hydrogen-bond donors (Lipinski definition) is 2. The predicted molar refractivity (Wildman–Crippen MR) is 78.0 cm³/mol. The fraction of sp³-hybridized carbons (Fsp3) is 0.533. The Balaban J connectivity index is 2.21. The van der Waals surface area contributed by atoms with Crippen LogP contribution in [0, 0.1) is 5.92 Å². The third kappa shape index (κ3) is 2.96. The van der Waals surface area contributed by atoms with Gasteiger partial charge in [0.2, 0.25) is 0 Å². The van der Waals surface area contributed by atoms with Crippen molar-refractivity contribution in [2.75, 3.05) is 6.61 Å². The second-order valence-electron chi connectivity index (χ2n) is 5.19. The lowest BCUT2D eigenvalue weighted by Crippen LogP contribution is -2.36. The van der Waals surface area contributed by atoms with Crippen LogP contribution in [0.1, 0.15) is 26.5 Å². The lowest BCUT2D eigenvalue weighted by atomic mass is 10.1. The minimum Gasteiger partial charge on any atom is -0.395 e. The van der Waals surface area contributed by atoms with E-state index in [1.54, 1.807) is 0 Å². The third-order valence-corrected chi connectivity index (χ3v) is 3.57. The Morgan fingerprint density at radius 2 is 2.05 bits per heavy atom. The molecule has 1 aromatic carbocycles. The van der Waals surface area contributed by atoms with E-state index < -0.39 is 0 Å². The van der Waals surface area contributed by atoms with E-state index in [4.69, 9.17) is 0 Å². The van der Waals surface area contributed by atoms with Gasteiger partial charge in [-0.15, -0.1) is 0 Å². The van der Waals surface area contributed by atoms with Crippen molar-refractivity contribution in [3.05, 3.63) is 30.0 Å². The summed E-state index contributed by atoms with van der Waals surface area (Å²) < 4.78 is 2.02. The van der Waals surface area contributed by atoms with Crippen molar-refractivity contribution in [1.29, 1.82) is 0 Å². The highest BCUT2D eigenvalue weighted by atomic mass is 16.3. The molecule has 1 heterocycles. The number of nitrogens with zero attached hydrogens (tertiary/aromatic N) is 2. The Morgan fingerprint density at radius 1 is 1.32 bits per heavy atom. The van der Waals surface area contributed by atoms with Gasteiger partial charge in [0, 0.05) is 24.5 Å². The summed E-state index contributed by atoms with van der Waals surface area (Å²) in [6.07, 6.45) is 0. The summed E-state index contributed by atoms with van der Waals surface area (Å²) in [6.45, 7) is 8.03. The van der Waals surface area contributed by atoms with Crippen molar-refractivity contribution < 1.29 is 5.11 Å². The van der Waals surface area contributed by atoms with Crippen molar-refractivity contribution in [3.63, 3.8) is 0 Å². The van der Waals surface area contributed by atoms with Gasteiger partial charge < -0.3 is 10.4 Å². The standard InChI is InChI=1S/C15H23N3O/c1-4-18-15-8-6-5-7-12(15)13(17-18)9-16-14(10-19)11(2)3/h5-8,11,14,16,19H,4,9-10H2,1-3H3/t14-/m1/s1. The number of hydrogen-bond acceptors (Lipinski definition) is 3. The maximum absolute atomic E-state index is 9.35. The number of fused-ring (bicyclic) bond motifs is 1. The van der Waals surface area contributed by atoms with Crippen LogP contribution in [-0.2, 0) is 13.1 Å². The SMILES string of the molecule is CCn1nc(CN[C@H](CO)C(C)C)c2ccccc21. The van der Waals surface area contributed by atoms with Crippen LogP contribution in [0.5, 0.6) is 0 Å². The average Bonchev–Trinajstić information content (AvgIpc) is 2.77. The molecule has 0 unspecified atom stereocenters. The quantitative estimate of drug-likeness (QED) is 0.838. The molecule has 0 saturated carbocycles. The molecule has 2 rings (SSSR count). The molecule has 0 saturated heterocycles. The normalized spacial score (nSPS) is 13.3. The number of benzene rings is 1. The third-order valence-electron chi connectivity index (χ3n) is 3.57.